The minimum Gasteiger partial charge on any atom is -0.452 e. The van der Waals surface area contributed by atoms with Gasteiger partial charge >= 0.3 is 5.97 Å². The summed E-state index contributed by atoms with van der Waals surface area (Å²) in [5.74, 6) is 0.144. The Bertz CT molecular complexity index is 965. The Hall–Kier alpha value is -2.40. The van der Waals surface area contributed by atoms with Gasteiger partial charge < -0.3 is 15.2 Å². The number of carbonyl (C=O) groups excluding carboxylic acids is 2. The second-order valence-electron chi connectivity index (χ2n) is 9.53. The normalized spacial score (nSPS) is 33.4. The monoisotopic (exact) mass is 393 g/mol. The number of esters is 1. The average molecular weight is 393 g/mol. The molecule has 4 bridgehead atoms. The summed E-state index contributed by atoms with van der Waals surface area (Å²) in [6, 6.07) is 13.6. The number of benzene rings is 2. The number of rotatable bonds is 4. The van der Waals surface area contributed by atoms with E-state index in [1.54, 1.807) is 6.92 Å². The Kier molecular flexibility index (Phi) is 4.21. The van der Waals surface area contributed by atoms with Gasteiger partial charge in [-0.25, -0.2) is 0 Å². The van der Waals surface area contributed by atoms with E-state index < -0.39 is 17.1 Å². The molecule has 2 unspecified atom stereocenters. The second kappa shape index (κ2) is 6.56. The van der Waals surface area contributed by atoms with Gasteiger partial charge in [0, 0.05) is 11.1 Å². The Morgan fingerprint density at radius 1 is 1.07 bits per heavy atom. The lowest BCUT2D eigenvalue weighted by Gasteiger charge is -2.58. The van der Waals surface area contributed by atoms with Gasteiger partial charge in [-0.1, -0.05) is 36.4 Å². The molecule has 0 aliphatic heterocycles. The fourth-order valence-corrected chi connectivity index (χ4v) is 6.36. The van der Waals surface area contributed by atoms with Gasteiger partial charge in [0.15, 0.2) is 6.10 Å². The van der Waals surface area contributed by atoms with Crippen molar-refractivity contribution in [3.8, 4) is 0 Å². The molecule has 2 aromatic carbocycles. The molecule has 2 N–H and O–H groups in total. The number of hydrogen-bond acceptors (Lipinski definition) is 4. The maximum absolute atomic E-state index is 13.1. The third-order valence-electron chi connectivity index (χ3n) is 7.16. The number of amides is 1. The molecule has 5 nitrogen and oxygen atoms in total. The van der Waals surface area contributed by atoms with Gasteiger partial charge in [-0.2, -0.15) is 0 Å². The van der Waals surface area contributed by atoms with Crippen molar-refractivity contribution in [2.75, 3.05) is 5.32 Å². The van der Waals surface area contributed by atoms with E-state index in [1.807, 2.05) is 42.5 Å². The molecule has 0 heterocycles. The molecule has 4 aliphatic rings. The molecule has 0 spiro atoms. The van der Waals surface area contributed by atoms with Crippen LogP contribution in [0.15, 0.2) is 42.5 Å². The number of aliphatic hydroxyl groups is 1. The van der Waals surface area contributed by atoms with Crippen LogP contribution < -0.4 is 5.32 Å². The zero-order valence-corrected chi connectivity index (χ0v) is 16.7. The predicted molar refractivity (Wildman–Crippen MR) is 110 cm³/mol. The molecule has 4 aliphatic carbocycles. The van der Waals surface area contributed by atoms with Crippen LogP contribution in [0.3, 0.4) is 0 Å². The average Bonchev–Trinajstić information content (AvgIpc) is 2.66. The van der Waals surface area contributed by atoms with Crippen molar-refractivity contribution in [1.29, 1.82) is 0 Å². The van der Waals surface area contributed by atoms with Crippen LogP contribution in [0, 0.1) is 17.3 Å². The highest BCUT2D eigenvalue weighted by Crippen LogP contribution is 2.62. The van der Waals surface area contributed by atoms with Gasteiger partial charge in [0.2, 0.25) is 0 Å². The Balaban J connectivity index is 1.29. The predicted octanol–water partition coefficient (Wildman–Crippen LogP) is 4.04. The van der Waals surface area contributed by atoms with E-state index in [-0.39, 0.29) is 11.9 Å². The molecule has 152 valence electrons. The highest BCUT2D eigenvalue weighted by molar-refractivity contribution is 6.03. The molecule has 0 saturated heterocycles. The van der Waals surface area contributed by atoms with Gasteiger partial charge in [0.1, 0.15) is 0 Å². The van der Waals surface area contributed by atoms with E-state index in [0.29, 0.717) is 23.9 Å². The smallest absolute Gasteiger partial charge is 0.312 e. The van der Waals surface area contributed by atoms with Crippen LogP contribution in [0.25, 0.3) is 10.8 Å². The molecule has 4 fully saturated rings. The van der Waals surface area contributed by atoms with Crippen molar-refractivity contribution in [2.24, 2.45) is 17.3 Å². The van der Waals surface area contributed by atoms with Crippen LogP contribution in [0.2, 0.25) is 0 Å². The van der Waals surface area contributed by atoms with E-state index in [9.17, 15) is 14.7 Å². The summed E-state index contributed by atoms with van der Waals surface area (Å²) >= 11 is 0. The van der Waals surface area contributed by atoms with Crippen molar-refractivity contribution in [2.45, 2.75) is 57.2 Å². The van der Waals surface area contributed by atoms with E-state index in [1.165, 1.54) is 0 Å². The first-order valence-corrected chi connectivity index (χ1v) is 10.6. The first-order chi connectivity index (χ1) is 13.9. The maximum Gasteiger partial charge on any atom is 0.312 e. The number of fused-ring (bicyclic) bond motifs is 1. The van der Waals surface area contributed by atoms with Gasteiger partial charge in [-0.05, 0) is 68.7 Å². The zero-order valence-electron chi connectivity index (χ0n) is 16.7. The second-order valence-corrected chi connectivity index (χ2v) is 9.53. The lowest BCUT2D eigenvalue weighted by Crippen LogP contribution is -2.59. The quantitative estimate of drug-likeness (QED) is 0.769. The van der Waals surface area contributed by atoms with Crippen LogP contribution in [0.1, 0.15) is 45.4 Å². The SMILES string of the molecule is C[C@H](OC(=O)C12C[C@@H]3C[C@@H](CC(O)(C3)C1)C2)C(=O)Nc1cccc2ccccc12. The van der Waals surface area contributed by atoms with Crippen molar-refractivity contribution < 1.29 is 19.4 Å². The van der Waals surface area contributed by atoms with Crippen LogP contribution in [-0.2, 0) is 14.3 Å². The summed E-state index contributed by atoms with van der Waals surface area (Å²) in [6.07, 6.45) is 3.86. The van der Waals surface area contributed by atoms with E-state index in [4.69, 9.17) is 4.74 Å². The highest BCUT2D eigenvalue weighted by atomic mass is 16.5. The van der Waals surface area contributed by atoms with Crippen molar-refractivity contribution >= 4 is 28.3 Å². The van der Waals surface area contributed by atoms with Gasteiger partial charge in [-0.15, -0.1) is 0 Å². The zero-order chi connectivity index (χ0) is 20.2. The number of ether oxygens (including phenoxy) is 1. The van der Waals surface area contributed by atoms with Crippen LogP contribution in [0.5, 0.6) is 0 Å². The van der Waals surface area contributed by atoms with Crippen molar-refractivity contribution in [3.05, 3.63) is 42.5 Å². The van der Waals surface area contributed by atoms with E-state index >= 15 is 0 Å². The molecule has 0 aromatic heterocycles. The topological polar surface area (TPSA) is 75.6 Å². The number of hydrogen-bond donors (Lipinski definition) is 2. The standard InChI is InChI=1S/C24H27NO4/c1-15(21(26)25-20-8-4-6-18-5-2-3-7-19(18)20)29-22(27)23-10-16-9-17(11-23)13-24(28,12-16)14-23/h2-8,15-17,28H,9-14H2,1H3,(H,25,26)/t15-,16-,17+,23?,24?/m0/s1. The first kappa shape index (κ1) is 18.6. The number of anilines is 1. The Labute approximate surface area is 170 Å². The highest BCUT2D eigenvalue weighted by Gasteiger charge is 2.61. The summed E-state index contributed by atoms with van der Waals surface area (Å²) in [5.41, 5.74) is -0.634. The first-order valence-electron chi connectivity index (χ1n) is 10.6. The van der Waals surface area contributed by atoms with E-state index in [2.05, 4.69) is 5.32 Å². The molecule has 6 rings (SSSR count). The van der Waals surface area contributed by atoms with Gasteiger partial charge in [0.05, 0.1) is 11.0 Å². The van der Waals surface area contributed by atoms with Crippen LogP contribution >= 0.6 is 0 Å². The van der Waals surface area contributed by atoms with E-state index in [0.717, 1.165) is 42.9 Å². The van der Waals surface area contributed by atoms with Crippen LogP contribution in [-0.4, -0.2) is 28.7 Å². The van der Waals surface area contributed by atoms with Crippen molar-refractivity contribution in [1.82, 2.24) is 0 Å². The third kappa shape index (κ3) is 3.21. The Morgan fingerprint density at radius 2 is 1.76 bits per heavy atom. The molecular weight excluding hydrogens is 366 g/mol. The minimum atomic E-state index is -0.885. The summed E-state index contributed by atoms with van der Waals surface area (Å²) in [5, 5.41) is 15.8. The van der Waals surface area contributed by atoms with Gasteiger partial charge in [0.25, 0.3) is 5.91 Å². The fourth-order valence-electron chi connectivity index (χ4n) is 6.36. The molecule has 5 atom stereocenters. The lowest BCUT2D eigenvalue weighted by molar-refractivity contribution is -0.199. The van der Waals surface area contributed by atoms with Crippen LogP contribution in [0.4, 0.5) is 5.69 Å². The third-order valence-corrected chi connectivity index (χ3v) is 7.16. The summed E-state index contributed by atoms with van der Waals surface area (Å²) in [6.45, 7) is 1.62. The summed E-state index contributed by atoms with van der Waals surface area (Å²) in [4.78, 5) is 25.8. The molecular formula is C24H27NO4. The number of carbonyl (C=O) groups is 2. The van der Waals surface area contributed by atoms with Gasteiger partial charge in [-0.3, -0.25) is 9.59 Å². The summed E-state index contributed by atoms with van der Waals surface area (Å²) in [7, 11) is 0. The molecule has 5 heteroatoms. The molecule has 4 saturated carbocycles. The lowest BCUT2D eigenvalue weighted by atomic mass is 9.48. The summed E-state index contributed by atoms with van der Waals surface area (Å²) < 4.78 is 5.66. The number of nitrogens with one attached hydrogen (secondary N) is 1. The molecule has 1 amide bonds. The maximum atomic E-state index is 13.1. The largest absolute Gasteiger partial charge is 0.452 e. The van der Waals surface area contributed by atoms with Crippen molar-refractivity contribution in [3.63, 3.8) is 0 Å². The molecule has 2 aromatic rings. The molecule has 29 heavy (non-hydrogen) atoms. The Morgan fingerprint density at radius 3 is 2.48 bits per heavy atom. The molecule has 0 radical (unpaired) electrons. The minimum absolute atomic E-state index is 0.314. The fraction of sp³-hybridized carbons (Fsp3) is 0.500.